The molecule has 1 N–H and O–H groups in total. The first-order valence-electron chi connectivity index (χ1n) is 8.09. The van der Waals surface area contributed by atoms with Crippen LogP contribution in [0.15, 0.2) is 30.5 Å². The Kier molecular flexibility index (Phi) is 6.27. The summed E-state index contributed by atoms with van der Waals surface area (Å²) in [5.74, 6) is 0. The highest BCUT2D eigenvalue weighted by molar-refractivity contribution is 5.80. The molecule has 0 fully saturated rings. The van der Waals surface area contributed by atoms with Crippen molar-refractivity contribution in [3.8, 4) is 0 Å². The number of aromatic nitrogens is 1. The van der Waals surface area contributed by atoms with Crippen molar-refractivity contribution in [2.75, 3.05) is 13.2 Å². The first-order chi connectivity index (χ1) is 10.2. The molecule has 0 spiro atoms. The Morgan fingerprint density at radius 2 is 2.05 bits per heavy atom. The van der Waals surface area contributed by atoms with E-state index in [1.807, 2.05) is 0 Å². The van der Waals surface area contributed by atoms with E-state index < -0.39 is 0 Å². The fourth-order valence-electron chi connectivity index (χ4n) is 2.39. The lowest BCUT2D eigenvalue weighted by Gasteiger charge is -2.09. The summed E-state index contributed by atoms with van der Waals surface area (Å²) in [6.45, 7) is 10.1. The molecule has 2 rings (SSSR count). The molecule has 0 aliphatic carbocycles. The summed E-state index contributed by atoms with van der Waals surface area (Å²) >= 11 is 0. The number of unbranched alkanes of at least 4 members (excludes halogenated alkanes) is 1. The minimum atomic E-state index is 0.519. The lowest BCUT2D eigenvalue weighted by atomic mass is 10.1. The van der Waals surface area contributed by atoms with E-state index in [4.69, 9.17) is 4.74 Å². The maximum atomic E-state index is 5.65. The smallest absolute Gasteiger partial charge is 0.0645 e. The predicted octanol–water partition coefficient (Wildman–Crippen LogP) is 3.96. The van der Waals surface area contributed by atoms with Crippen molar-refractivity contribution < 1.29 is 4.74 Å². The monoisotopic (exact) mass is 288 g/mol. The van der Waals surface area contributed by atoms with Crippen LogP contribution >= 0.6 is 0 Å². The Hall–Kier alpha value is -1.32. The van der Waals surface area contributed by atoms with Gasteiger partial charge in [-0.15, -0.1) is 0 Å². The number of nitrogens with one attached hydrogen (secondary N) is 1. The zero-order chi connectivity index (χ0) is 15.1. The van der Waals surface area contributed by atoms with Crippen LogP contribution in [0.2, 0.25) is 0 Å². The molecule has 0 amide bonds. The molecule has 1 aromatic carbocycles. The van der Waals surface area contributed by atoms with Gasteiger partial charge in [-0.25, -0.2) is 0 Å². The first-order valence-corrected chi connectivity index (χ1v) is 8.09. The van der Waals surface area contributed by atoms with Gasteiger partial charge in [0.25, 0.3) is 0 Å². The molecule has 0 aliphatic rings. The highest BCUT2D eigenvalue weighted by Gasteiger charge is 2.03. The molecule has 0 bridgehead atoms. The first kappa shape index (κ1) is 16.1. The molecule has 0 saturated heterocycles. The zero-order valence-electron chi connectivity index (χ0n) is 13.6. The molecule has 0 unspecified atom stereocenters. The molecule has 2 aromatic rings. The molecule has 0 radical (unpaired) electrons. The molecule has 3 heteroatoms. The van der Waals surface area contributed by atoms with Crippen molar-refractivity contribution in [2.24, 2.45) is 0 Å². The topological polar surface area (TPSA) is 26.2 Å². The third-order valence-electron chi connectivity index (χ3n) is 3.67. The highest BCUT2D eigenvalue weighted by atomic mass is 16.5. The van der Waals surface area contributed by atoms with Crippen LogP contribution < -0.4 is 5.32 Å². The number of hydrogen-bond donors (Lipinski definition) is 1. The van der Waals surface area contributed by atoms with Crippen LogP contribution in [0.1, 0.15) is 39.2 Å². The SMILES string of the molecule is CCCCOCCn1ccc2cc(CNC(C)C)ccc21. The van der Waals surface area contributed by atoms with Crippen LogP contribution in [-0.4, -0.2) is 23.8 Å². The molecular formula is C18H28N2O. The number of hydrogen-bond acceptors (Lipinski definition) is 2. The molecule has 0 aliphatic heterocycles. The molecular weight excluding hydrogens is 260 g/mol. The third-order valence-corrected chi connectivity index (χ3v) is 3.67. The van der Waals surface area contributed by atoms with Gasteiger partial charge in [0.1, 0.15) is 0 Å². The lowest BCUT2D eigenvalue weighted by Crippen LogP contribution is -2.21. The summed E-state index contributed by atoms with van der Waals surface area (Å²) in [5, 5.41) is 4.77. The lowest BCUT2D eigenvalue weighted by molar-refractivity contribution is 0.124. The van der Waals surface area contributed by atoms with Crippen molar-refractivity contribution in [2.45, 2.75) is 52.7 Å². The summed E-state index contributed by atoms with van der Waals surface area (Å²) < 4.78 is 7.93. The van der Waals surface area contributed by atoms with Crippen molar-refractivity contribution >= 4 is 10.9 Å². The summed E-state index contributed by atoms with van der Waals surface area (Å²) in [4.78, 5) is 0. The third kappa shape index (κ3) is 4.87. The van der Waals surface area contributed by atoms with Gasteiger partial charge in [0.2, 0.25) is 0 Å². The summed E-state index contributed by atoms with van der Waals surface area (Å²) in [6, 6.07) is 9.43. The van der Waals surface area contributed by atoms with Gasteiger partial charge in [-0.05, 0) is 35.6 Å². The van der Waals surface area contributed by atoms with Crippen molar-refractivity contribution in [1.29, 1.82) is 0 Å². The second-order valence-corrected chi connectivity index (χ2v) is 5.90. The van der Waals surface area contributed by atoms with E-state index in [1.54, 1.807) is 0 Å². The largest absolute Gasteiger partial charge is 0.380 e. The Labute approximate surface area is 128 Å². The van der Waals surface area contributed by atoms with Gasteiger partial charge in [-0.2, -0.15) is 0 Å². The van der Waals surface area contributed by atoms with Crippen LogP contribution in [0, 0.1) is 0 Å². The number of ether oxygens (including phenoxy) is 1. The van der Waals surface area contributed by atoms with Gasteiger partial charge in [0.15, 0.2) is 0 Å². The van der Waals surface area contributed by atoms with Gasteiger partial charge in [0.05, 0.1) is 6.61 Å². The van der Waals surface area contributed by atoms with E-state index in [0.29, 0.717) is 6.04 Å². The normalized spacial score (nSPS) is 11.6. The Balaban J connectivity index is 1.93. The van der Waals surface area contributed by atoms with Crippen LogP contribution in [0.25, 0.3) is 10.9 Å². The fourth-order valence-corrected chi connectivity index (χ4v) is 2.39. The molecule has 21 heavy (non-hydrogen) atoms. The zero-order valence-corrected chi connectivity index (χ0v) is 13.6. The molecule has 116 valence electrons. The maximum absolute atomic E-state index is 5.65. The van der Waals surface area contributed by atoms with E-state index in [1.165, 1.54) is 22.9 Å². The van der Waals surface area contributed by atoms with E-state index in [2.05, 4.69) is 61.1 Å². The van der Waals surface area contributed by atoms with E-state index >= 15 is 0 Å². The van der Waals surface area contributed by atoms with E-state index in [0.717, 1.165) is 32.7 Å². The number of benzene rings is 1. The van der Waals surface area contributed by atoms with Crippen LogP contribution in [-0.2, 0) is 17.8 Å². The molecule has 0 atom stereocenters. The second-order valence-electron chi connectivity index (χ2n) is 5.90. The fraction of sp³-hybridized carbons (Fsp3) is 0.556. The summed E-state index contributed by atoms with van der Waals surface area (Å²) in [6.07, 6.45) is 4.51. The van der Waals surface area contributed by atoms with E-state index in [9.17, 15) is 0 Å². The van der Waals surface area contributed by atoms with E-state index in [-0.39, 0.29) is 0 Å². The summed E-state index contributed by atoms with van der Waals surface area (Å²) in [5.41, 5.74) is 2.63. The predicted molar refractivity (Wildman–Crippen MR) is 89.6 cm³/mol. The van der Waals surface area contributed by atoms with Gasteiger partial charge >= 0.3 is 0 Å². The molecule has 0 saturated carbocycles. The quantitative estimate of drug-likeness (QED) is 0.707. The minimum absolute atomic E-state index is 0.519. The van der Waals surface area contributed by atoms with Crippen molar-refractivity contribution in [1.82, 2.24) is 9.88 Å². The minimum Gasteiger partial charge on any atom is -0.380 e. The van der Waals surface area contributed by atoms with Gasteiger partial charge in [0, 0.05) is 37.5 Å². The maximum Gasteiger partial charge on any atom is 0.0645 e. The van der Waals surface area contributed by atoms with Gasteiger partial charge in [-0.3, -0.25) is 0 Å². The number of nitrogens with zero attached hydrogens (tertiary/aromatic N) is 1. The Morgan fingerprint density at radius 3 is 2.81 bits per heavy atom. The standard InChI is InChI=1S/C18H28N2O/c1-4-5-11-21-12-10-20-9-8-17-13-16(6-7-18(17)20)14-19-15(2)3/h6-9,13,15,19H,4-5,10-12,14H2,1-3H3. The Morgan fingerprint density at radius 1 is 1.19 bits per heavy atom. The summed E-state index contributed by atoms with van der Waals surface area (Å²) in [7, 11) is 0. The second kappa shape index (κ2) is 8.20. The van der Waals surface area contributed by atoms with Crippen LogP contribution in [0.3, 0.4) is 0 Å². The van der Waals surface area contributed by atoms with Crippen LogP contribution in [0.4, 0.5) is 0 Å². The van der Waals surface area contributed by atoms with Crippen LogP contribution in [0.5, 0.6) is 0 Å². The van der Waals surface area contributed by atoms with Crippen molar-refractivity contribution in [3.05, 3.63) is 36.0 Å². The molecule has 1 aromatic heterocycles. The highest BCUT2D eigenvalue weighted by Crippen LogP contribution is 2.18. The van der Waals surface area contributed by atoms with Gasteiger partial charge in [-0.1, -0.05) is 33.3 Å². The van der Waals surface area contributed by atoms with Gasteiger partial charge < -0.3 is 14.6 Å². The molecule has 1 heterocycles. The number of fused-ring (bicyclic) bond motifs is 1. The molecule has 3 nitrogen and oxygen atoms in total. The number of rotatable bonds is 9. The van der Waals surface area contributed by atoms with Crippen molar-refractivity contribution in [3.63, 3.8) is 0 Å². The average molecular weight is 288 g/mol. The average Bonchev–Trinajstić information content (AvgIpc) is 2.87. The Bertz CT molecular complexity index is 545.